The minimum absolute atomic E-state index is 0.0245. The minimum atomic E-state index is -4.44. The molecule has 2 aromatic carbocycles. The van der Waals surface area contributed by atoms with Gasteiger partial charge in [0, 0.05) is 5.69 Å². The Labute approximate surface area is 164 Å². The highest BCUT2D eigenvalue weighted by molar-refractivity contribution is 7.80. The summed E-state index contributed by atoms with van der Waals surface area (Å²) in [4.78, 5) is 0. The Kier molecular flexibility index (Phi) is 7.17. The average Bonchev–Trinajstić information content (AvgIpc) is 2.66. The zero-order chi connectivity index (χ0) is 20.6. The standard InChI is InChI=1S/C18H15F3N4O2S/c1-26-16-9-12(5-6-15(16)27-8-7-22)11-23-25-17(28)24-14-4-2-3-13(10-14)18(19,20)21/h2-6,9-11H,8H2,1H3,(H2,24,25,28)/b23-11+. The number of alkyl halides is 3. The van der Waals surface area contributed by atoms with E-state index in [4.69, 9.17) is 27.0 Å². The van der Waals surface area contributed by atoms with Crippen molar-refractivity contribution in [1.82, 2.24) is 5.43 Å². The molecule has 2 rings (SSSR count). The number of halogens is 3. The van der Waals surface area contributed by atoms with Gasteiger partial charge in [-0.05, 0) is 54.2 Å². The fourth-order valence-corrected chi connectivity index (χ4v) is 2.26. The molecular formula is C18H15F3N4O2S. The highest BCUT2D eigenvalue weighted by atomic mass is 32.1. The number of nitrogens with one attached hydrogen (secondary N) is 2. The maximum absolute atomic E-state index is 12.7. The first-order valence-electron chi connectivity index (χ1n) is 7.78. The van der Waals surface area contributed by atoms with Crippen LogP contribution in [0.2, 0.25) is 0 Å². The molecule has 0 radical (unpaired) electrons. The van der Waals surface area contributed by atoms with E-state index in [0.29, 0.717) is 17.1 Å². The quantitative estimate of drug-likeness (QED) is 0.428. The van der Waals surface area contributed by atoms with Gasteiger partial charge in [-0.1, -0.05) is 6.07 Å². The van der Waals surface area contributed by atoms with Crippen LogP contribution in [0.5, 0.6) is 11.5 Å². The van der Waals surface area contributed by atoms with Gasteiger partial charge in [-0.2, -0.15) is 23.5 Å². The maximum Gasteiger partial charge on any atom is 0.416 e. The van der Waals surface area contributed by atoms with E-state index in [9.17, 15) is 13.2 Å². The molecule has 0 unspecified atom stereocenters. The SMILES string of the molecule is COc1cc(/C=N/NC(=S)Nc2cccc(C(F)(F)F)c2)ccc1OCC#N. The number of methoxy groups -OCH3 is 1. The summed E-state index contributed by atoms with van der Waals surface area (Å²) in [5.74, 6) is 0.833. The maximum atomic E-state index is 12.7. The molecule has 0 aliphatic heterocycles. The van der Waals surface area contributed by atoms with Crippen LogP contribution in [0.25, 0.3) is 0 Å². The number of hydrogen-bond donors (Lipinski definition) is 2. The summed E-state index contributed by atoms with van der Waals surface area (Å²) in [7, 11) is 1.46. The molecule has 2 N–H and O–H groups in total. The molecule has 0 aliphatic carbocycles. The van der Waals surface area contributed by atoms with Crippen molar-refractivity contribution in [2.75, 3.05) is 19.0 Å². The molecule has 0 aromatic heterocycles. The summed E-state index contributed by atoms with van der Waals surface area (Å²) in [6.07, 6.45) is -3.00. The third-order valence-electron chi connectivity index (χ3n) is 3.31. The molecule has 0 bridgehead atoms. The Balaban J connectivity index is 1.97. The van der Waals surface area contributed by atoms with Gasteiger partial charge < -0.3 is 14.8 Å². The fraction of sp³-hybridized carbons (Fsp3) is 0.167. The summed E-state index contributed by atoms with van der Waals surface area (Å²) in [6, 6.07) is 11.5. The van der Waals surface area contributed by atoms with Gasteiger partial charge in [0.2, 0.25) is 0 Å². The summed E-state index contributed by atoms with van der Waals surface area (Å²) < 4.78 is 48.6. The second-order valence-electron chi connectivity index (χ2n) is 5.26. The average molecular weight is 408 g/mol. The lowest BCUT2D eigenvalue weighted by atomic mass is 10.2. The molecule has 0 saturated heterocycles. The molecule has 10 heteroatoms. The van der Waals surface area contributed by atoms with Crippen LogP contribution in [0.1, 0.15) is 11.1 Å². The number of hydrazone groups is 1. The van der Waals surface area contributed by atoms with E-state index in [1.807, 2.05) is 6.07 Å². The molecule has 0 amide bonds. The monoisotopic (exact) mass is 408 g/mol. The number of thiocarbonyl (C=S) groups is 1. The number of hydrogen-bond acceptors (Lipinski definition) is 5. The van der Waals surface area contributed by atoms with Gasteiger partial charge in [-0.25, -0.2) is 0 Å². The van der Waals surface area contributed by atoms with E-state index in [-0.39, 0.29) is 17.4 Å². The van der Waals surface area contributed by atoms with Crippen LogP contribution in [0.3, 0.4) is 0 Å². The summed E-state index contributed by atoms with van der Waals surface area (Å²) in [6.45, 7) is -0.110. The first-order valence-corrected chi connectivity index (χ1v) is 8.19. The Morgan fingerprint density at radius 1 is 1.25 bits per heavy atom. The van der Waals surface area contributed by atoms with Crippen molar-refractivity contribution in [2.45, 2.75) is 6.18 Å². The minimum Gasteiger partial charge on any atom is -0.493 e. The summed E-state index contributed by atoms with van der Waals surface area (Å²) >= 11 is 5.01. The Morgan fingerprint density at radius 2 is 2.04 bits per heavy atom. The second-order valence-corrected chi connectivity index (χ2v) is 5.67. The van der Waals surface area contributed by atoms with E-state index >= 15 is 0 Å². The van der Waals surface area contributed by atoms with Gasteiger partial charge in [-0.15, -0.1) is 0 Å². The fourth-order valence-electron chi connectivity index (χ4n) is 2.09. The van der Waals surface area contributed by atoms with Crippen LogP contribution >= 0.6 is 12.2 Å². The van der Waals surface area contributed by atoms with E-state index in [1.54, 1.807) is 18.2 Å². The van der Waals surface area contributed by atoms with Gasteiger partial charge in [0.15, 0.2) is 23.2 Å². The van der Waals surface area contributed by atoms with Crippen molar-refractivity contribution in [3.05, 3.63) is 53.6 Å². The number of nitriles is 1. The lowest BCUT2D eigenvalue weighted by molar-refractivity contribution is -0.137. The molecule has 2 aromatic rings. The van der Waals surface area contributed by atoms with Crippen LogP contribution < -0.4 is 20.2 Å². The third-order valence-corrected chi connectivity index (χ3v) is 3.50. The van der Waals surface area contributed by atoms with Gasteiger partial charge >= 0.3 is 6.18 Å². The molecule has 28 heavy (non-hydrogen) atoms. The molecule has 0 saturated carbocycles. The lowest BCUT2D eigenvalue weighted by Gasteiger charge is -2.11. The topological polar surface area (TPSA) is 78.7 Å². The zero-order valence-electron chi connectivity index (χ0n) is 14.6. The van der Waals surface area contributed by atoms with E-state index < -0.39 is 11.7 Å². The van der Waals surface area contributed by atoms with Crippen molar-refractivity contribution >= 4 is 29.2 Å². The van der Waals surface area contributed by atoms with Gasteiger partial charge in [0.25, 0.3) is 0 Å². The van der Waals surface area contributed by atoms with Crippen LogP contribution in [0, 0.1) is 11.3 Å². The Hall–Kier alpha value is -3.32. The largest absolute Gasteiger partial charge is 0.493 e. The second kappa shape index (κ2) is 9.57. The van der Waals surface area contributed by atoms with Gasteiger partial charge in [0.05, 0.1) is 18.9 Å². The number of ether oxygens (including phenoxy) is 2. The van der Waals surface area contributed by atoms with E-state index in [0.717, 1.165) is 12.1 Å². The first-order chi connectivity index (χ1) is 13.3. The molecule has 0 spiro atoms. The van der Waals surface area contributed by atoms with Crippen molar-refractivity contribution < 1.29 is 22.6 Å². The predicted molar refractivity (Wildman–Crippen MR) is 102 cm³/mol. The van der Waals surface area contributed by atoms with Crippen LogP contribution in [0.15, 0.2) is 47.6 Å². The van der Waals surface area contributed by atoms with E-state index in [1.165, 1.54) is 25.5 Å². The summed E-state index contributed by atoms with van der Waals surface area (Å²) in [5.41, 5.74) is 2.57. The molecule has 0 fully saturated rings. The third kappa shape index (κ3) is 6.14. The van der Waals surface area contributed by atoms with Crippen LogP contribution in [-0.2, 0) is 6.18 Å². The molecule has 0 aliphatic rings. The van der Waals surface area contributed by atoms with Crippen molar-refractivity contribution in [2.24, 2.45) is 5.10 Å². The highest BCUT2D eigenvalue weighted by Crippen LogP contribution is 2.30. The number of anilines is 1. The molecular weight excluding hydrogens is 393 g/mol. The lowest BCUT2D eigenvalue weighted by Crippen LogP contribution is -2.24. The highest BCUT2D eigenvalue weighted by Gasteiger charge is 2.30. The number of rotatable bonds is 6. The number of nitrogens with zero attached hydrogens (tertiary/aromatic N) is 2. The van der Waals surface area contributed by atoms with Gasteiger partial charge in [-0.3, -0.25) is 5.43 Å². The Bertz CT molecular complexity index is 910. The number of benzene rings is 2. The smallest absolute Gasteiger partial charge is 0.416 e. The van der Waals surface area contributed by atoms with Crippen molar-refractivity contribution in [3.8, 4) is 17.6 Å². The first kappa shape index (κ1) is 21.0. The normalized spacial score (nSPS) is 11.0. The van der Waals surface area contributed by atoms with Crippen LogP contribution in [-0.4, -0.2) is 25.0 Å². The van der Waals surface area contributed by atoms with Crippen molar-refractivity contribution in [3.63, 3.8) is 0 Å². The predicted octanol–water partition coefficient (Wildman–Crippen LogP) is 3.94. The van der Waals surface area contributed by atoms with Crippen molar-refractivity contribution in [1.29, 1.82) is 5.26 Å². The molecule has 6 nitrogen and oxygen atoms in total. The van der Waals surface area contributed by atoms with Crippen LogP contribution in [0.4, 0.5) is 18.9 Å². The zero-order valence-corrected chi connectivity index (χ0v) is 15.4. The molecule has 146 valence electrons. The molecule has 0 heterocycles. The van der Waals surface area contributed by atoms with Gasteiger partial charge in [0.1, 0.15) is 6.07 Å². The Morgan fingerprint density at radius 3 is 2.71 bits per heavy atom. The summed E-state index contributed by atoms with van der Waals surface area (Å²) in [5, 5.41) is 15.1. The molecule has 0 atom stereocenters. The van der Waals surface area contributed by atoms with E-state index in [2.05, 4.69) is 15.8 Å².